The second-order valence-corrected chi connectivity index (χ2v) is 2.89. The van der Waals surface area contributed by atoms with Crippen LogP contribution in [0.5, 0.6) is 0 Å². The maximum atomic E-state index is 12.4. The van der Waals surface area contributed by atoms with E-state index in [0.29, 0.717) is 0 Å². The van der Waals surface area contributed by atoms with Crippen molar-refractivity contribution in [2.75, 3.05) is 5.73 Å². The van der Waals surface area contributed by atoms with Gasteiger partial charge in [-0.2, -0.15) is 5.26 Å². The lowest BCUT2D eigenvalue weighted by atomic mass is 10.1. The molecule has 0 unspecified atom stereocenters. The average molecular weight is 232 g/mol. The molecule has 0 saturated heterocycles. The van der Waals surface area contributed by atoms with Crippen molar-refractivity contribution in [1.29, 1.82) is 5.26 Å². The van der Waals surface area contributed by atoms with Crippen LogP contribution in [0.2, 0.25) is 0 Å². The number of nitrogens with zero attached hydrogens (tertiary/aromatic N) is 2. The highest BCUT2D eigenvalue weighted by Crippen LogP contribution is 2.25. The molecule has 4 nitrogen and oxygen atoms in total. The molecule has 1 aromatic rings. The Morgan fingerprint density at radius 2 is 2.27 bits per heavy atom. The predicted molar refractivity (Wildman–Crippen MR) is 48.5 cm³/mol. The Morgan fingerprint density at radius 3 is 2.67 bits per heavy atom. The Kier molecular flexibility index (Phi) is 3.17. The third-order valence-electron chi connectivity index (χ3n) is 1.61. The molecule has 1 heterocycles. The lowest BCUT2D eigenvalue weighted by Crippen LogP contribution is -2.06. The van der Waals surface area contributed by atoms with Crippen molar-refractivity contribution < 1.29 is 13.6 Å². The largest absolute Gasteiger partial charge is 0.397 e. The molecule has 0 spiro atoms. The van der Waals surface area contributed by atoms with E-state index in [1.165, 1.54) is 6.07 Å². The maximum absolute atomic E-state index is 12.4. The quantitative estimate of drug-likeness (QED) is 0.788. The minimum Gasteiger partial charge on any atom is -0.397 e. The summed E-state index contributed by atoms with van der Waals surface area (Å²) in [6.45, 7) is 0. The van der Waals surface area contributed by atoms with Gasteiger partial charge in [0.05, 0.1) is 11.3 Å². The number of nitrogens with two attached hydrogens (primary N) is 1. The van der Waals surface area contributed by atoms with Crippen LogP contribution in [-0.2, 0) is 0 Å². The molecule has 0 aromatic carbocycles. The molecule has 15 heavy (non-hydrogen) atoms. The number of halogens is 3. The van der Waals surface area contributed by atoms with Crippen molar-refractivity contribution in [1.82, 2.24) is 4.98 Å². The fourth-order valence-corrected chi connectivity index (χ4v) is 1.11. The Hall–Kier alpha value is -1.74. The van der Waals surface area contributed by atoms with Gasteiger partial charge < -0.3 is 5.73 Å². The number of pyridine rings is 1. The van der Waals surface area contributed by atoms with Gasteiger partial charge in [0, 0.05) is 0 Å². The van der Waals surface area contributed by atoms with Crippen LogP contribution in [0, 0.1) is 11.3 Å². The van der Waals surface area contributed by atoms with Crippen LogP contribution in [0.25, 0.3) is 0 Å². The first-order valence-electron chi connectivity index (χ1n) is 3.66. The first kappa shape index (κ1) is 11.3. The molecule has 0 bridgehead atoms. The molecule has 0 radical (unpaired) electrons. The van der Waals surface area contributed by atoms with Gasteiger partial charge in [0.2, 0.25) is 0 Å². The minimum absolute atomic E-state index is 0.274. The highest BCUT2D eigenvalue weighted by atomic mass is 35.5. The number of carbonyl (C=O) groups excluding carboxylic acids is 1. The van der Waals surface area contributed by atoms with Gasteiger partial charge in [0.15, 0.2) is 0 Å². The van der Waals surface area contributed by atoms with Crippen molar-refractivity contribution in [3.63, 3.8) is 0 Å². The summed E-state index contributed by atoms with van der Waals surface area (Å²) in [5.41, 5.74) is 3.44. The number of hydrogen-bond donors (Lipinski definition) is 1. The van der Waals surface area contributed by atoms with Gasteiger partial charge in [-0.3, -0.25) is 4.79 Å². The number of aromatic nitrogens is 1. The Labute approximate surface area is 88.3 Å². The monoisotopic (exact) mass is 231 g/mol. The first-order valence-corrected chi connectivity index (χ1v) is 4.03. The topological polar surface area (TPSA) is 79.8 Å². The minimum atomic E-state index is -2.88. The van der Waals surface area contributed by atoms with E-state index in [1.54, 1.807) is 0 Å². The summed E-state index contributed by atoms with van der Waals surface area (Å²) in [6.07, 6.45) is -2.88. The van der Waals surface area contributed by atoms with Crippen molar-refractivity contribution >= 4 is 22.5 Å². The number of alkyl halides is 2. The summed E-state index contributed by atoms with van der Waals surface area (Å²) < 4.78 is 24.7. The van der Waals surface area contributed by atoms with E-state index in [-0.39, 0.29) is 5.69 Å². The molecule has 1 rings (SSSR count). The third-order valence-corrected chi connectivity index (χ3v) is 1.79. The standard InChI is InChI=1S/C8H4ClF2N3O/c9-7(15)6-4(13)1-3(8(10)11)5(2-12)14-6/h1,8H,13H2. The first-order chi connectivity index (χ1) is 6.97. The van der Waals surface area contributed by atoms with E-state index in [2.05, 4.69) is 4.98 Å². The van der Waals surface area contributed by atoms with Gasteiger partial charge in [-0.25, -0.2) is 13.8 Å². The molecule has 78 valence electrons. The second kappa shape index (κ2) is 4.19. The molecule has 0 fully saturated rings. The fourth-order valence-electron chi connectivity index (χ4n) is 0.958. The molecule has 1 aromatic heterocycles. The molecule has 0 saturated carbocycles. The second-order valence-electron chi connectivity index (χ2n) is 2.55. The Bertz CT molecular complexity index is 456. The van der Waals surface area contributed by atoms with Crippen LogP contribution in [-0.4, -0.2) is 10.2 Å². The van der Waals surface area contributed by atoms with Gasteiger partial charge in [0.1, 0.15) is 17.5 Å². The Balaban J connectivity index is 3.44. The van der Waals surface area contributed by atoms with E-state index in [9.17, 15) is 13.6 Å². The molecule has 0 aliphatic heterocycles. The highest BCUT2D eigenvalue weighted by Gasteiger charge is 2.19. The fraction of sp³-hybridized carbons (Fsp3) is 0.125. The van der Waals surface area contributed by atoms with Gasteiger partial charge in [0.25, 0.3) is 11.7 Å². The van der Waals surface area contributed by atoms with E-state index >= 15 is 0 Å². The van der Waals surface area contributed by atoms with Crippen LogP contribution in [0.3, 0.4) is 0 Å². The van der Waals surface area contributed by atoms with Gasteiger partial charge in [-0.15, -0.1) is 0 Å². The highest BCUT2D eigenvalue weighted by molar-refractivity contribution is 6.68. The van der Waals surface area contributed by atoms with E-state index in [1.807, 2.05) is 0 Å². The summed E-state index contributed by atoms with van der Waals surface area (Å²) >= 11 is 5.09. The predicted octanol–water partition coefficient (Wildman–Crippen LogP) is 1.85. The zero-order chi connectivity index (χ0) is 11.6. The number of rotatable bonds is 2. The van der Waals surface area contributed by atoms with Gasteiger partial charge in [-0.05, 0) is 17.7 Å². The van der Waals surface area contributed by atoms with Gasteiger partial charge >= 0.3 is 0 Å². The third kappa shape index (κ3) is 2.19. The lowest BCUT2D eigenvalue weighted by molar-refractivity contribution is 0.107. The molecule has 0 aliphatic carbocycles. The summed E-state index contributed by atoms with van der Waals surface area (Å²) in [4.78, 5) is 14.1. The summed E-state index contributed by atoms with van der Waals surface area (Å²) in [7, 11) is 0. The molecule has 2 N–H and O–H groups in total. The number of hydrogen-bond acceptors (Lipinski definition) is 4. The van der Waals surface area contributed by atoms with Crippen LogP contribution < -0.4 is 5.73 Å². The lowest BCUT2D eigenvalue weighted by Gasteiger charge is -2.05. The smallest absolute Gasteiger partial charge is 0.273 e. The number of nitrogen functional groups attached to an aromatic ring is 1. The van der Waals surface area contributed by atoms with Gasteiger partial charge in [-0.1, -0.05) is 0 Å². The maximum Gasteiger partial charge on any atom is 0.273 e. The molecule has 0 aliphatic rings. The normalized spacial score (nSPS) is 10.1. The van der Waals surface area contributed by atoms with Crippen LogP contribution >= 0.6 is 11.6 Å². The Morgan fingerprint density at radius 1 is 1.67 bits per heavy atom. The zero-order valence-electron chi connectivity index (χ0n) is 7.17. The summed E-state index contributed by atoms with van der Waals surface area (Å²) in [5, 5.41) is 7.53. The number of anilines is 1. The zero-order valence-corrected chi connectivity index (χ0v) is 7.92. The molecular formula is C8H4ClF2N3O. The van der Waals surface area contributed by atoms with Crippen LogP contribution in [0.4, 0.5) is 14.5 Å². The summed E-state index contributed by atoms with van der Waals surface area (Å²) in [5.74, 6) is 0. The molecular weight excluding hydrogens is 228 g/mol. The molecule has 0 atom stereocenters. The van der Waals surface area contributed by atoms with Crippen molar-refractivity contribution in [2.24, 2.45) is 0 Å². The van der Waals surface area contributed by atoms with Crippen LogP contribution in [0.1, 0.15) is 28.2 Å². The van der Waals surface area contributed by atoms with Crippen molar-refractivity contribution in [3.05, 3.63) is 23.0 Å². The average Bonchev–Trinajstić information content (AvgIpc) is 2.16. The van der Waals surface area contributed by atoms with Crippen molar-refractivity contribution in [3.8, 4) is 6.07 Å². The van der Waals surface area contributed by atoms with Crippen molar-refractivity contribution in [2.45, 2.75) is 6.43 Å². The van der Waals surface area contributed by atoms with E-state index in [4.69, 9.17) is 22.6 Å². The SMILES string of the molecule is N#Cc1nc(C(=O)Cl)c(N)cc1C(F)F. The van der Waals surface area contributed by atoms with E-state index in [0.717, 1.165) is 6.07 Å². The number of carbonyl (C=O) groups is 1. The number of nitriles is 1. The van der Waals surface area contributed by atoms with E-state index < -0.39 is 28.6 Å². The van der Waals surface area contributed by atoms with Crippen LogP contribution in [0.15, 0.2) is 6.07 Å². The molecule has 7 heteroatoms. The molecule has 0 amide bonds. The summed E-state index contributed by atoms with van der Waals surface area (Å²) in [6, 6.07) is 2.27.